The van der Waals surface area contributed by atoms with Gasteiger partial charge in [0.1, 0.15) is 11.6 Å². The molecule has 2 aliphatic heterocycles. The van der Waals surface area contributed by atoms with Crippen LogP contribution < -0.4 is 4.74 Å². The molecule has 0 aliphatic carbocycles. The second-order valence-electron chi connectivity index (χ2n) is 7.92. The Bertz CT molecular complexity index is 1350. The maximum absolute atomic E-state index is 14.0. The summed E-state index contributed by atoms with van der Waals surface area (Å²) in [6, 6.07) is 27.4. The Balaban J connectivity index is 1.46. The maximum atomic E-state index is 14.0. The van der Waals surface area contributed by atoms with Gasteiger partial charge in [0.05, 0.1) is 11.8 Å². The normalized spacial score (nSPS) is 19.5. The standard InChI is InChI=1S/C26H18BrFN2O/c27-20-10-11-25-22(14-20)24-15-23(18-9-8-16-4-1-2-5-17(16)12-18)29-30(24)26(31-25)19-6-3-7-21(28)13-19/h1-14,24,26H,15H2/t24-,26-/m0/s1. The van der Waals surface area contributed by atoms with Gasteiger partial charge in [0, 0.05) is 22.0 Å². The molecule has 0 fully saturated rings. The minimum Gasteiger partial charge on any atom is -0.464 e. The Labute approximate surface area is 187 Å². The van der Waals surface area contributed by atoms with Crippen LogP contribution in [0.25, 0.3) is 10.8 Å². The van der Waals surface area contributed by atoms with Crippen molar-refractivity contribution in [2.45, 2.75) is 18.7 Å². The van der Waals surface area contributed by atoms with Crippen molar-refractivity contribution < 1.29 is 9.13 Å². The molecule has 2 heterocycles. The fourth-order valence-corrected chi connectivity index (χ4v) is 4.86. The van der Waals surface area contributed by atoms with Crippen LogP contribution >= 0.6 is 15.9 Å². The summed E-state index contributed by atoms with van der Waals surface area (Å²) in [6.07, 6.45) is 0.282. The van der Waals surface area contributed by atoms with E-state index in [4.69, 9.17) is 9.84 Å². The molecule has 2 aliphatic rings. The fraction of sp³-hybridized carbons (Fsp3) is 0.115. The molecule has 0 amide bonds. The minimum atomic E-state index is -0.479. The molecule has 5 heteroatoms. The number of halogens is 2. The highest BCUT2D eigenvalue weighted by atomic mass is 79.9. The van der Waals surface area contributed by atoms with Crippen molar-refractivity contribution in [3.8, 4) is 5.75 Å². The van der Waals surface area contributed by atoms with Crippen molar-refractivity contribution in [3.63, 3.8) is 0 Å². The second-order valence-corrected chi connectivity index (χ2v) is 8.83. The Kier molecular flexibility index (Phi) is 4.32. The zero-order chi connectivity index (χ0) is 20.9. The summed E-state index contributed by atoms with van der Waals surface area (Å²) in [5.41, 5.74) is 3.94. The number of hydrogen-bond acceptors (Lipinski definition) is 3. The SMILES string of the molecule is Fc1cccc([C@@H]2Oc3ccc(Br)cc3[C@@H]3CC(c4ccc5ccccc5c4)=NN32)c1. The Morgan fingerprint density at radius 3 is 2.65 bits per heavy atom. The summed E-state index contributed by atoms with van der Waals surface area (Å²) >= 11 is 3.58. The van der Waals surface area contributed by atoms with Crippen molar-refractivity contribution in [1.82, 2.24) is 5.01 Å². The summed E-state index contributed by atoms with van der Waals surface area (Å²) in [7, 11) is 0. The van der Waals surface area contributed by atoms with Crippen LogP contribution in [0.1, 0.15) is 35.4 Å². The van der Waals surface area contributed by atoms with E-state index in [9.17, 15) is 4.39 Å². The van der Waals surface area contributed by atoms with Gasteiger partial charge < -0.3 is 4.74 Å². The highest BCUT2D eigenvalue weighted by Crippen LogP contribution is 2.48. The molecule has 0 N–H and O–H groups in total. The van der Waals surface area contributed by atoms with Gasteiger partial charge >= 0.3 is 0 Å². The van der Waals surface area contributed by atoms with Crippen molar-refractivity contribution >= 4 is 32.4 Å². The van der Waals surface area contributed by atoms with Crippen molar-refractivity contribution in [2.75, 3.05) is 0 Å². The highest BCUT2D eigenvalue weighted by molar-refractivity contribution is 9.10. The van der Waals surface area contributed by atoms with E-state index < -0.39 is 6.23 Å². The number of hydrogen-bond donors (Lipinski definition) is 0. The van der Waals surface area contributed by atoms with E-state index in [1.165, 1.54) is 22.9 Å². The quantitative estimate of drug-likeness (QED) is 0.314. The van der Waals surface area contributed by atoms with Gasteiger partial charge in [0.2, 0.25) is 6.23 Å². The van der Waals surface area contributed by atoms with Crippen molar-refractivity contribution in [2.24, 2.45) is 5.10 Å². The molecule has 31 heavy (non-hydrogen) atoms. The van der Waals surface area contributed by atoms with Gasteiger partial charge in [0.25, 0.3) is 0 Å². The lowest BCUT2D eigenvalue weighted by atomic mass is 9.95. The average Bonchev–Trinajstić information content (AvgIpc) is 3.24. The molecule has 0 unspecified atom stereocenters. The minimum absolute atomic E-state index is 0.0241. The van der Waals surface area contributed by atoms with E-state index in [0.29, 0.717) is 0 Å². The molecular formula is C26H18BrFN2O. The van der Waals surface area contributed by atoms with E-state index in [2.05, 4.69) is 52.3 Å². The molecule has 3 nitrogen and oxygen atoms in total. The number of nitrogens with zero attached hydrogens (tertiary/aromatic N) is 2. The lowest BCUT2D eigenvalue weighted by Gasteiger charge is -2.38. The van der Waals surface area contributed by atoms with E-state index in [0.717, 1.165) is 39.0 Å². The van der Waals surface area contributed by atoms with Gasteiger partial charge in [-0.25, -0.2) is 9.40 Å². The molecule has 2 atom stereocenters. The van der Waals surface area contributed by atoms with E-state index in [1.807, 2.05) is 35.3 Å². The molecule has 4 aromatic carbocycles. The second kappa shape index (κ2) is 7.20. The van der Waals surface area contributed by atoms with E-state index in [-0.39, 0.29) is 11.9 Å². The Hall–Kier alpha value is -3.18. The Morgan fingerprint density at radius 2 is 1.77 bits per heavy atom. The molecule has 6 rings (SSSR count). The van der Waals surface area contributed by atoms with Crippen LogP contribution in [0, 0.1) is 5.82 Å². The first-order valence-corrected chi connectivity index (χ1v) is 11.0. The van der Waals surface area contributed by atoms with Crippen molar-refractivity contribution in [1.29, 1.82) is 0 Å². The van der Waals surface area contributed by atoms with Crippen LogP contribution in [-0.4, -0.2) is 10.7 Å². The van der Waals surface area contributed by atoms with Crippen LogP contribution in [-0.2, 0) is 0 Å². The van der Waals surface area contributed by atoms with E-state index >= 15 is 0 Å². The average molecular weight is 473 g/mol. The largest absolute Gasteiger partial charge is 0.464 e. The topological polar surface area (TPSA) is 24.8 Å². The summed E-state index contributed by atoms with van der Waals surface area (Å²) in [5, 5.41) is 9.37. The zero-order valence-corrected chi connectivity index (χ0v) is 18.1. The lowest BCUT2D eigenvalue weighted by molar-refractivity contribution is -0.0192. The third-order valence-corrected chi connectivity index (χ3v) is 6.46. The number of ether oxygens (including phenoxy) is 1. The molecule has 0 radical (unpaired) electrons. The van der Waals surface area contributed by atoms with Gasteiger partial charge in [-0.1, -0.05) is 64.5 Å². The van der Waals surface area contributed by atoms with Gasteiger partial charge in [-0.2, -0.15) is 5.10 Å². The molecule has 152 valence electrons. The molecule has 0 spiro atoms. The Morgan fingerprint density at radius 1 is 0.903 bits per heavy atom. The molecule has 0 bridgehead atoms. The third-order valence-electron chi connectivity index (χ3n) is 5.97. The van der Waals surface area contributed by atoms with Gasteiger partial charge in [0.15, 0.2) is 0 Å². The summed E-state index contributed by atoms with van der Waals surface area (Å²) in [5.74, 6) is 0.533. The number of rotatable bonds is 2. The molecular weight excluding hydrogens is 455 g/mol. The van der Waals surface area contributed by atoms with Crippen LogP contribution in [0.3, 0.4) is 0 Å². The van der Waals surface area contributed by atoms with Crippen LogP contribution in [0.5, 0.6) is 5.75 Å². The predicted molar refractivity (Wildman–Crippen MR) is 124 cm³/mol. The fourth-order valence-electron chi connectivity index (χ4n) is 4.48. The van der Waals surface area contributed by atoms with Crippen molar-refractivity contribution in [3.05, 3.63) is 112 Å². The van der Waals surface area contributed by atoms with Crippen LogP contribution in [0.2, 0.25) is 0 Å². The summed E-state index contributed by atoms with van der Waals surface area (Å²) < 4.78 is 21.3. The first-order valence-electron chi connectivity index (χ1n) is 10.2. The molecule has 0 saturated carbocycles. The molecule has 0 saturated heterocycles. The first kappa shape index (κ1) is 18.6. The number of fused-ring (bicyclic) bond motifs is 4. The van der Waals surface area contributed by atoms with Gasteiger partial charge in [-0.05, 0) is 52.7 Å². The monoisotopic (exact) mass is 472 g/mol. The van der Waals surface area contributed by atoms with Crippen LogP contribution in [0.15, 0.2) is 94.5 Å². The third kappa shape index (κ3) is 3.20. The zero-order valence-electron chi connectivity index (χ0n) is 16.5. The van der Waals surface area contributed by atoms with Gasteiger partial charge in [-0.3, -0.25) is 0 Å². The summed E-state index contributed by atoms with van der Waals surface area (Å²) in [6.45, 7) is 0. The number of hydrazone groups is 1. The first-order chi connectivity index (χ1) is 15.2. The predicted octanol–water partition coefficient (Wildman–Crippen LogP) is 6.98. The maximum Gasteiger partial charge on any atom is 0.213 e. The molecule has 0 aromatic heterocycles. The lowest BCUT2D eigenvalue weighted by Crippen LogP contribution is -2.33. The molecule has 4 aromatic rings. The van der Waals surface area contributed by atoms with Crippen LogP contribution in [0.4, 0.5) is 4.39 Å². The smallest absolute Gasteiger partial charge is 0.213 e. The highest BCUT2D eigenvalue weighted by Gasteiger charge is 2.41. The summed E-state index contributed by atoms with van der Waals surface area (Å²) in [4.78, 5) is 0. The van der Waals surface area contributed by atoms with E-state index in [1.54, 1.807) is 6.07 Å². The number of benzene rings is 4. The van der Waals surface area contributed by atoms with Gasteiger partial charge in [-0.15, -0.1) is 0 Å².